The number of hydrogen-bond donors (Lipinski definition) is 2. The van der Waals surface area contributed by atoms with E-state index in [2.05, 4.69) is 4.72 Å². The first-order chi connectivity index (χ1) is 9.38. The molecule has 2 aromatic carbocycles. The van der Waals surface area contributed by atoms with Gasteiger partial charge in [-0.05, 0) is 30.7 Å². The number of sulfonamides is 1. The summed E-state index contributed by atoms with van der Waals surface area (Å²) in [5, 5.41) is 0.113. The smallest absolute Gasteiger partial charge is 0.242 e. The Balaban J connectivity index is 2.19. The zero-order chi connectivity index (χ0) is 14.8. The Hall–Kier alpha value is -1.56. The van der Waals surface area contributed by atoms with Crippen molar-refractivity contribution in [1.82, 2.24) is 4.72 Å². The summed E-state index contributed by atoms with van der Waals surface area (Å²) in [6.45, 7) is 2.17. The first-order valence-corrected chi connectivity index (χ1v) is 7.85. The molecule has 20 heavy (non-hydrogen) atoms. The van der Waals surface area contributed by atoms with Gasteiger partial charge < -0.3 is 5.73 Å². The maximum atomic E-state index is 12.2. The highest BCUT2D eigenvalue weighted by Crippen LogP contribution is 2.23. The summed E-state index contributed by atoms with van der Waals surface area (Å²) in [5.41, 5.74) is 7.94. The van der Waals surface area contributed by atoms with Gasteiger partial charge in [-0.25, -0.2) is 13.1 Å². The lowest BCUT2D eigenvalue weighted by Gasteiger charge is -2.09. The number of nitrogens with one attached hydrogen (secondary N) is 1. The molecule has 6 heteroatoms. The van der Waals surface area contributed by atoms with Gasteiger partial charge in [0.15, 0.2) is 0 Å². The number of nitrogen functional groups attached to an aromatic ring is 1. The molecule has 0 saturated heterocycles. The van der Waals surface area contributed by atoms with E-state index in [1.807, 2.05) is 31.2 Å². The van der Waals surface area contributed by atoms with Gasteiger partial charge >= 0.3 is 0 Å². The highest BCUT2D eigenvalue weighted by molar-refractivity contribution is 7.89. The van der Waals surface area contributed by atoms with Gasteiger partial charge in [0.25, 0.3) is 0 Å². The summed E-state index contributed by atoms with van der Waals surface area (Å²) in [4.78, 5) is 0.0287. The van der Waals surface area contributed by atoms with Crippen LogP contribution in [0.4, 0.5) is 5.69 Å². The minimum Gasteiger partial charge on any atom is -0.399 e. The number of nitrogens with two attached hydrogens (primary N) is 1. The van der Waals surface area contributed by atoms with Gasteiger partial charge in [-0.1, -0.05) is 41.4 Å². The Morgan fingerprint density at radius 2 is 1.95 bits per heavy atom. The molecule has 0 radical (unpaired) electrons. The van der Waals surface area contributed by atoms with E-state index in [1.165, 1.54) is 18.2 Å². The van der Waals surface area contributed by atoms with E-state index in [1.54, 1.807) is 0 Å². The van der Waals surface area contributed by atoms with E-state index >= 15 is 0 Å². The van der Waals surface area contributed by atoms with Crippen molar-refractivity contribution in [3.63, 3.8) is 0 Å². The topological polar surface area (TPSA) is 72.2 Å². The van der Waals surface area contributed by atoms with Gasteiger partial charge in [0.2, 0.25) is 10.0 Å². The molecule has 0 heterocycles. The summed E-state index contributed by atoms with van der Waals surface area (Å²) >= 11 is 5.92. The summed E-state index contributed by atoms with van der Waals surface area (Å²) < 4.78 is 26.9. The monoisotopic (exact) mass is 310 g/mol. The number of benzene rings is 2. The van der Waals surface area contributed by atoms with Crippen molar-refractivity contribution in [2.75, 3.05) is 5.73 Å². The van der Waals surface area contributed by atoms with Crippen LogP contribution in [0.15, 0.2) is 47.4 Å². The normalized spacial score (nSPS) is 11.5. The average molecular weight is 311 g/mol. The summed E-state index contributed by atoms with van der Waals surface area (Å²) in [6, 6.07) is 11.9. The summed E-state index contributed by atoms with van der Waals surface area (Å²) in [6.07, 6.45) is 0. The van der Waals surface area contributed by atoms with Crippen LogP contribution in [-0.4, -0.2) is 8.42 Å². The molecule has 2 rings (SSSR count). The van der Waals surface area contributed by atoms with Gasteiger partial charge in [0.05, 0.1) is 5.02 Å². The Labute approximate surface area is 123 Å². The predicted octanol–water partition coefficient (Wildman–Crippen LogP) is 2.71. The molecule has 0 aliphatic heterocycles. The number of anilines is 1. The second-order valence-electron chi connectivity index (χ2n) is 4.50. The fraction of sp³-hybridized carbons (Fsp3) is 0.143. The van der Waals surface area contributed by atoms with E-state index in [4.69, 9.17) is 17.3 Å². The fourth-order valence-electron chi connectivity index (χ4n) is 1.81. The predicted molar refractivity (Wildman–Crippen MR) is 81.1 cm³/mol. The summed E-state index contributed by atoms with van der Waals surface area (Å²) in [7, 11) is -3.66. The first kappa shape index (κ1) is 14.8. The molecule has 0 amide bonds. The van der Waals surface area contributed by atoms with Gasteiger partial charge in [-0.2, -0.15) is 0 Å². The largest absolute Gasteiger partial charge is 0.399 e. The van der Waals surface area contributed by atoms with E-state index in [0.717, 1.165) is 11.1 Å². The lowest BCUT2D eigenvalue weighted by molar-refractivity contribution is 0.581. The van der Waals surface area contributed by atoms with Crippen LogP contribution in [0.5, 0.6) is 0 Å². The maximum Gasteiger partial charge on any atom is 0.242 e. The molecule has 0 aliphatic carbocycles. The molecule has 2 aromatic rings. The molecule has 0 atom stereocenters. The standard InChI is InChI=1S/C14H15ClN2O2S/c1-10-3-2-4-11(7-10)9-17-20(18,19)14-6-5-12(16)8-13(14)15/h2-8,17H,9,16H2,1H3. The lowest BCUT2D eigenvalue weighted by atomic mass is 10.1. The van der Waals surface area contributed by atoms with Crippen LogP contribution in [0.3, 0.4) is 0 Å². The third-order valence-corrected chi connectivity index (χ3v) is 4.68. The molecule has 0 aromatic heterocycles. The first-order valence-electron chi connectivity index (χ1n) is 5.99. The molecule has 0 spiro atoms. The number of hydrogen-bond acceptors (Lipinski definition) is 3. The van der Waals surface area contributed by atoms with Gasteiger partial charge in [0, 0.05) is 12.2 Å². The third-order valence-electron chi connectivity index (χ3n) is 2.79. The molecule has 0 fully saturated rings. The Morgan fingerprint density at radius 3 is 2.60 bits per heavy atom. The van der Waals surface area contributed by atoms with Crippen molar-refractivity contribution < 1.29 is 8.42 Å². The second kappa shape index (κ2) is 5.83. The molecule has 3 N–H and O–H groups in total. The SMILES string of the molecule is Cc1cccc(CNS(=O)(=O)c2ccc(N)cc2Cl)c1. The van der Waals surface area contributed by atoms with Gasteiger partial charge in [-0.3, -0.25) is 0 Å². The average Bonchev–Trinajstić information content (AvgIpc) is 2.36. The molecule has 0 saturated carbocycles. The number of halogens is 1. The molecule has 106 valence electrons. The number of rotatable bonds is 4. The maximum absolute atomic E-state index is 12.2. The van der Waals surface area contributed by atoms with Crippen LogP contribution in [0, 0.1) is 6.92 Å². The molecule has 4 nitrogen and oxygen atoms in total. The van der Waals surface area contributed by atoms with Crippen LogP contribution < -0.4 is 10.5 Å². The molecular weight excluding hydrogens is 296 g/mol. The zero-order valence-corrected chi connectivity index (χ0v) is 12.5. The Bertz CT molecular complexity index is 730. The number of aryl methyl sites for hydroxylation is 1. The molecule has 0 bridgehead atoms. The van der Waals surface area contributed by atoms with Crippen LogP contribution >= 0.6 is 11.6 Å². The lowest BCUT2D eigenvalue weighted by Crippen LogP contribution is -2.23. The van der Waals surface area contributed by atoms with Crippen molar-refractivity contribution in [1.29, 1.82) is 0 Å². The second-order valence-corrected chi connectivity index (χ2v) is 6.65. The van der Waals surface area contributed by atoms with E-state index < -0.39 is 10.0 Å². The quantitative estimate of drug-likeness (QED) is 0.853. The highest BCUT2D eigenvalue weighted by Gasteiger charge is 2.17. The van der Waals surface area contributed by atoms with Crippen LogP contribution in [-0.2, 0) is 16.6 Å². The highest BCUT2D eigenvalue weighted by atomic mass is 35.5. The van der Waals surface area contributed by atoms with E-state index in [-0.39, 0.29) is 16.5 Å². The van der Waals surface area contributed by atoms with Crippen molar-refractivity contribution >= 4 is 27.3 Å². The minimum atomic E-state index is -3.66. The van der Waals surface area contributed by atoms with E-state index in [9.17, 15) is 8.42 Å². The Kier molecular flexibility index (Phi) is 4.32. The van der Waals surface area contributed by atoms with Crippen LogP contribution in [0.25, 0.3) is 0 Å². The Morgan fingerprint density at radius 1 is 1.20 bits per heavy atom. The van der Waals surface area contributed by atoms with Gasteiger partial charge in [-0.15, -0.1) is 0 Å². The molecule has 0 aliphatic rings. The van der Waals surface area contributed by atoms with Crippen molar-refractivity contribution in [3.05, 3.63) is 58.6 Å². The van der Waals surface area contributed by atoms with Crippen molar-refractivity contribution in [2.45, 2.75) is 18.4 Å². The van der Waals surface area contributed by atoms with E-state index in [0.29, 0.717) is 5.69 Å². The zero-order valence-electron chi connectivity index (χ0n) is 10.9. The molecule has 0 unspecified atom stereocenters. The van der Waals surface area contributed by atoms with Crippen LogP contribution in [0.1, 0.15) is 11.1 Å². The summed E-state index contributed by atoms with van der Waals surface area (Å²) in [5.74, 6) is 0. The molecular formula is C14H15ClN2O2S. The fourth-order valence-corrected chi connectivity index (χ4v) is 3.38. The van der Waals surface area contributed by atoms with Crippen LogP contribution in [0.2, 0.25) is 5.02 Å². The van der Waals surface area contributed by atoms with Crippen molar-refractivity contribution in [2.24, 2.45) is 0 Å². The third kappa shape index (κ3) is 3.50. The van der Waals surface area contributed by atoms with Gasteiger partial charge in [0.1, 0.15) is 4.90 Å². The van der Waals surface area contributed by atoms with Crippen molar-refractivity contribution in [3.8, 4) is 0 Å². The minimum absolute atomic E-state index is 0.0287.